The lowest BCUT2D eigenvalue weighted by Crippen LogP contribution is -2.50. The van der Waals surface area contributed by atoms with E-state index in [-0.39, 0.29) is 23.9 Å². The average Bonchev–Trinajstić information content (AvgIpc) is 2.73. The molecule has 1 N–H and O–H groups in total. The molecule has 1 amide bonds. The van der Waals surface area contributed by atoms with Crippen LogP contribution in [0, 0.1) is 23.2 Å². The van der Waals surface area contributed by atoms with Crippen molar-refractivity contribution in [3.05, 3.63) is 65.7 Å². The average molecular weight is 404 g/mol. The molecule has 0 spiro atoms. The number of ether oxygens (including phenoxy) is 1. The van der Waals surface area contributed by atoms with Crippen LogP contribution < -0.4 is 5.32 Å². The van der Waals surface area contributed by atoms with Crippen LogP contribution in [0.5, 0.6) is 0 Å². The van der Waals surface area contributed by atoms with Gasteiger partial charge in [0.25, 0.3) is 5.91 Å². The Kier molecular flexibility index (Phi) is 5.10. The Balaban J connectivity index is 1.20. The van der Waals surface area contributed by atoms with Crippen LogP contribution in [0.15, 0.2) is 54.6 Å². The number of hydrogen-bond acceptors (Lipinski definition) is 3. The molecule has 0 saturated heterocycles. The Morgan fingerprint density at radius 2 is 1.47 bits per heavy atom. The molecule has 4 fully saturated rings. The second-order valence-electron chi connectivity index (χ2n) is 9.64. The maximum absolute atomic E-state index is 13.0. The van der Waals surface area contributed by atoms with Gasteiger partial charge in [0.05, 0.1) is 5.41 Å². The lowest BCUT2D eigenvalue weighted by atomic mass is 9.49. The molecule has 30 heavy (non-hydrogen) atoms. The Hall–Kier alpha value is -2.62. The van der Waals surface area contributed by atoms with Crippen LogP contribution in [0.25, 0.3) is 0 Å². The number of amides is 1. The minimum Gasteiger partial charge on any atom is -0.455 e. The summed E-state index contributed by atoms with van der Waals surface area (Å²) in [5.74, 6) is 1.63. The molecule has 4 heteroatoms. The second kappa shape index (κ2) is 7.90. The second-order valence-corrected chi connectivity index (χ2v) is 9.64. The molecule has 0 aliphatic heterocycles. The fourth-order valence-corrected chi connectivity index (χ4v) is 6.44. The largest absolute Gasteiger partial charge is 0.455 e. The van der Waals surface area contributed by atoms with E-state index in [1.165, 1.54) is 24.8 Å². The third-order valence-electron chi connectivity index (χ3n) is 7.33. The monoisotopic (exact) mass is 403 g/mol. The molecule has 156 valence electrons. The highest BCUT2D eigenvalue weighted by atomic mass is 16.5. The molecule has 2 aromatic carbocycles. The van der Waals surface area contributed by atoms with Crippen LogP contribution in [0.2, 0.25) is 0 Å². The molecule has 2 aromatic rings. The maximum Gasteiger partial charge on any atom is 0.312 e. The van der Waals surface area contributed by atoms with E-state index in [2.05, 4.69) is 17.4 Å². The van der Waals surface area contributed by atoms with Gasteiger partial charge in [0.15, 0.2) is 6.61 Å². The standard InChI is InChI=1S/C26H29NO3/c28-24(27-23-9-5-4-8-22(23)13-18-6-2-1-3-7-18)17-30-25(29)26-14-19-10-20(15-26)12-21(11-19)16-26/h1-9,19-21H,10-17H2,(H,27,28). The van der Waals surface area contributed by atoms with Crippen molar-refractivity contribution in [2.75, 3.05) is 11.9 Å². The fourth-order valence-electron chi connectivity index (χ4n) is 6.44. The predicted octanol–water partition coefficient (Wildman–Crippen LogP) is 4.98. The summed E-state index contributed by atoms with van der Waals surface area (Å²) in [4.78, 5) is 25.5. The van der Waals surface area contributed by atoms with Crippen LogP contribution in [-0.4, -0.2) is 18.5 Å². The lowest BCUT2D eigenvalue weighted by Gasteiger charge is -2.55. The fraction of sp³-hybridized carbons (Fsp3) is 0.462. The third kappa shape index (κ3) is 3.88. The number of rotatable bonds is 6. The van der Waals surface area contributed by atoms with Gasteiger partial charge < -0.3 is 10.1 Å². The van der Waals surface area contributed by atoms with Crippen LogP contribution in [0.1, 0.15) is 49.7 Å². The Morgan fingerprint density at radius 1 is 0.867 bits per heavy atom. The van der Waals surface area contributed by atoms with Gasteiger partial charge >= 0.3 is 5.97 Å². The molecule has 0 heterocycles. The first-order valence-electron chi connectivity index (χ1n) is 11.2. The summed E-state index contributed by atoms with van der Waals surface area (Å²) in [7, 11) is 0. The first-order chi connectivity index (χ1) is 14.6. The van der Waals surface area contributed by atoms with Gasteiger partial charge in [0.1, 0.15) is 0 Å². The van der Waals surface area contributed by atoms with Crippen molar-refractivity contribution in [3.8, 4) is 0 Å². The summed E-state index contributed by atoms with van der Waals surface area (Å²) in [5, 5.41) is 2.94. The Labute approximate surface area is 178 Å². The predicted molar refractivity (Wildman–Crippen MR) is 116 cm³/mol. The van der Waals surface area contributed by atoms with Gasteiger partial charge in [0.2, 0.25) is 0 Å². The van der Waals surface area contributed by atoms with Crippen LogP contribution in [0.4, 0.5) is 5.69 Å². The highest BCUT2D eigenvalue weighted by molar-refractivity contribution is 5.94. The van der Waals surface area contributed by atoms with Crippen molar-refractivity contribution in [1.29, 1.82) is 0 Å². The van der Waals surface area contributed by atoms with Gasteiger partial charge in [0, 0.05) is 5.69 Å². The van der Waals surface area contributed by atoms with Crippen molar-refractivity contribution in [1.82, 2.24) is 0 Å². The van der Waals surface area contributed by atoms with Gasteiger partial charge in [-0.1, -0.05) is 48.5 Å². The molecular formula is C26H29NO3. The highest BCUT2D eigenvalue weighted by Crippen LogP contribution is 2.60. The molecule has 0 atom stereocenters. The van der Waals surface area contributed by atoms with Gasteiger partial charge in [-0.15, -0.1) is 0 Å². The summed E-state index contributed by atoms with van der Waals surface area (Å²) in [5.41, 5.74) is 2.69. The number of carbonyl (C=O) groups excluding carboxylic acids is 2. The van der Waals surface area contributed by atoms with Gasteiger partial charge in [-0.3, -0.25) is 9.59 Å². The van der Waals surface area contributed by atoms with E-state index in [4.69, 9.17) is 4.74 Å². The van der Waals surface area contributed by atoms with Crippen molar-refractivity contribution in [3.63, 3.8) is 0 Å². The van der Waals surface area contributed by atoms with Gasteiger partial charge in [-0.2, -0.15) is 0 Å². The number of esters is 1. The van der Waals surface area contributed by atoms with Crippen molar-refractivity contribution < 1.29 is 14.3 Å². The molecule has 0 radical (unpaired) electrons. The van der Waals surface area contributed by atoms with Crippen molar-refractivity contribution in [2.45, 2.75) is 44.9 Å². The topological polar surface area (TPSA) is 55.4 Å². The third-order valence-corrected chi connectivity index (χ3v) is 7.33. The maximum atomic E-state index is 13.0. The summed E-state index contributed by atoms with van der Waals surface area (Å²) < 4.78 is 5.57. The van der Waals surface area contributed by atoms with E-state index in [0.29, 0.717) is 17.8 Å². The van der Waals surface area contributed by atoms with E-state index in [0.717, 1.165) is 36.9 Å². The van der Waals surface area contributed by atoms with E-state index in [1.807, 2.05) is 42.5 Å². The number of hydrogen-bond donors (Lipinski definition) is 1. The van der Waals surface area contributed by atoms with Crippen LogP contribution in [0.3, 0.4) is 0 Å². The van der Waals surface area contributed by atoms with Crippen molar-refractivity contribution >= 4 is 17.6 Å². The normalized spacial score (nSPS) is 28.9. The number of para-hydroxylation sites is 1. The lowest BCUT2D eigenvalue weighted by molar-refractivity contribution is -0.172. The summed E-state index contributed by atoms with van der Waals surface area (Å²) in [6, 6.07) is 18.0. The molecule has 4 bridgehead atoms. The Morgan fingerprint density at radius 3 is 2.13 bits per heavy atom. The SMILES string of the molecule is O=C(COC(=O)C12CC3CC(CC(C3)C1)C2)Nc1ccccc1Cc1ccccc1. The summed E-state index contributed by atoms with van der Waals surface area (Å²) >= 11 is 0. The molecule has 4 aliphatic rings. The smallest absolute Gasteiger partial charge is 0.312 e. The van der Waals surface area contributed by atoms with Gasteiger partial charge in [-0.25, -0.2) is 0 Å². The summed E-state index contributed by atoms with van der Waals surface area (Å²) in [6.45, 7) is -0.208. The van der Waals surface area contributed by atoms with Crippen molar-refractivity contribution in [2.24, 2.45) is 23.2 Å². The minimum atomic E-state index is -0.319. The number of nitrogens with one attached hydrogen (secondary N) is 1. The Bertz CT molecular complexity index is 901. The first kappa shape index (κ1) is 19.3. The quantitative estimate of drug-likeness (QED) is 0.693. The van der Waals surface area contributed by atoms with E-state index in [9.17, 15) is 9.59 Å². The molecule has 6 rings (SSSR count). The van der Waals surface area contributed by atoms with Crippen LogP contribution >= 0.6 is 0 Å². The molecule has 0 aromatic heterocycles. The van der Waals surface area contributed by atoms with Gasteiger partial charge in [-0.05, 0) is 79.9 Å². The van der Waals surface area contributed by atoms with E-state index in [1.54, 1.807) is 0 Å². The highest BCUT2D eigenvalue weighted by Gasteiger charge is 2.55. The molecule has 0 unspecified atom stereocenters. The van der Waals surface area contributed by atoms with E-state index < -0.39 is 0 Å². The number of anilines is 1. The zero-order chi connectivity index (χ0) is 20.6. The zero-order valence-corrected chi connectivity index (χ0v) is 17.3. The molecular weight excluding hydrogens is 374 g/mol. The van der Waals surface area contributed by atoms with E-state index >= 15 is 0 Å². The first-order valence-corrected chi connectivity index (χ1v) is 11.2. The number of benzene rings is 2. The number of carbonyl (C=O) groups is 2. The molecule has 4 saturated carbocycles. The van der Waals surface area contributed by atoms with Crippen LogP contribution in [-0.2, 0) is 20.7 Å². The minimum absolute atomic E-state index is 0.144. The summed E-state index contributed by atoms with van der Waals surface area (Å²) in [6.07, 6.45) is 7.46. The molecule has 4 aliphatic carbocycles. The molecule has 4 nitrogen and oxygen atoms in total. The zero-order valence-electron chi connectivity index (χ0n) is 17.3.